The first-order chi connectivity index (χ1) is 16.4. The van der Waals surface area contributed by atoms with Crippen molar-refractivity contribution in [3.05, 3.63) is 106 Å². The molecule has 0 fully saturated rings. The number of carbonyl (C=O) groups excluding carboxylic acids is 2. The Kier molecular flexibility index (Phi) is 8.97. The van der Waals surface area contributed by atoms with Crippen LogP contribution in [-0.2, 0) is 29.0 Å². The minimum Gasteiger partial charge on any atom is -0.354 e. The predicted octanol–water partition coefficient (Wildman–Crippen LogP) is 5.15. The van der Waals surface area contributed by atoms with Gasteiger partial charge in [-0.1, -0.05) is 78.7 Å². The van der Waals surface area contributed by atoms with E-state index in [1.165, 1.54) is 12.1 Å². The summed E-state index contributed by atoms with van der Waals surface area (Å²) in [7, 11) is 0. The van der Waals surface area contributed by atoms with Crippen LogP contribution >= 0.6 is 0 Å². The van der Waals surface area contributed by atoms with E-state index in [1.807, 2.05) is 63.2 Å². The summed E-state index contributed by atoms with van der Waals surface area (Å²) in [6.07, 6.45) is 1.39. The molecule has 0 spiro atoms. The van der Waals surface area contributed by atoms with Gasteiger partial charge in [-0.3, -0.25) is 9.59 Å². The molecular formula is C29H33FN2O2. The van der Waals surface area contributed by atoms with Gasteiger partial charge in [-0.05, 0) is 49.1 Å². The van der Waals surface area contributed by atoms with Crippen LogP contribution in [0.4, 0.5) is 4.39 Å². The molecule has 1 unspecified atom stereocenters. The van der Waals surface area contributed by atoms with Crippen molar-refractivity contribution in [3.8, 4) is 0 Å². The van der Waals surface area contributed by atoms with Crippen molar-refractivity contribution in [2.75, 3.05) is 6.54 Å². The quantitative estimate of drug-likeness (QED) is 0.455. The lowest BCUT2D eigenvalue weighted by Gasteiger charge is -2.32. The van der Waals surface area contributed by atoms with Gasteiger partial charge in [0.05, 0.1) is 6.42 Å². The summed E-state index contributed by atoms with van der Waals surface area (Å²) < 4.78 is 13.5. The standard InChI is InChI=1S/C29H33FN2O2/c1-4-14-31-29(34)27(18-23-8-6-5-7-9-23)32(20-24-10-12-26(30)13-11-24)28(33)19-25-16-21(2)15-22(3)17-25/h5-13,15-17,27H,4,14,18-20H2,1-3H3,(H,31,34). The highest BCUT2D eigenvalue weighted by Gasteiger charge is 2.30. The third-order valence-electron chi connectivity index (χ3n) is 5.72. The summed E-state index contributed by atoms with van der Waals surface area (Å²) in [4.78, 5) is 28.6. The average molecular weight is 461 g/mol. The van der Waals surface area contributed by atoms with Gasteiger partial charge in [0, 0.05) is 19.5 Å². The zero-order chi connectivity index (χ0) is 24.5. The molecule has 0 saturated heterocycles. The molecule has 3 rings (SSSR count). The van der Waals surface area contributed by atoms with Crippen LogP contribution in [0.2, 0.25) is 0 Å². The summed E-state index contributed by atoms with van der Waals surface area (Å²) in [5.74, 6) is -0.651. The molecule has 1 atom stereocenters. The number of nitrogens with one attached hydrogen (secondary N) is 1. The minimum atomic E-state index is -0.683. The average Bonchev–Trinajstić information content (AvgIpc) is 2.81. The molecule has 3 aromatic rings. The lowest BCUT2D eigenvalue weighted by molar-refractivity contribution is -0.140. The van der Waals surface area contributed by atoms with E-state index in [2.05, 4.69) is 11.4 Å². The molecule has 1 N–H and O–H groups in total. The van der Waals surface area contributed by atoms with Crippen LogP contribution in [-0.4, -0.2) is 29.3 Å². The minimum absolute atomic E-state index is 0.137. The SMILES string of the molecule is CCCNC(=O)C(Cc1ccccc1)N(Cc1ccc(F)cc1)C(=O)Cc1cc(C)cc(C)c1. The molecule has 2 amide bonds. The van der Waals surface area contributed by atoms with Gasteiger partial charge < -0.3 is 10.2 Å². The van der Waals surface area contributed by atoms with E-state index in [0.29, 0.717) is 13.0 Å². The molecule has 0 bridgehead atoms. The summed E-state index contributed by atoms with van der Waals surface area (Å²) in [5.41, 5.74) is 4.85. The Morgan fingerprint density at radius 1 is 0.882 bits per heavy atom. The second kappa shape index (κ2) is 12.1. The highest BCUT2D eigenvalue weighted by Crippen LogP contribution is 2.18. The van der Waals surface area contributed by atoms with Crippen LogP contribution in [0, 0.1) is 19.7 Å². The molecule has 0 heterocycles. The van der Waals surface area contributed by atoms with E-state index >= 15 is 0 Å². The molecule has 0 aliphatic heterocycles. The van der Waals surface area contributed by atoms with E-state index in [9.17, 15) is 14.0 Å². The number of carbonyl (C=O) groups is 2. The summed E-state index contributed by atoms with van der Waals surface area (Å²) in [6.45, 7) is 6.77. The van der Waals surface area contributed by atoms with Gasteiger partial charge in [-0.25, -0.2) is 4.39 Å². The van der Waals surface area contributed by atoms with Gasteiger partial charge in [0.15, 0.2) is 0 Å². The number of halogens is 1. The zero-order valence-electron chi connectivity index (χ0n) is 20.2. The van der Waals surface area contributed by atoms with Crippen LogP contribution < -0.4 is 5.32 Å². The lowest BCUT2D eigenvalue weighted by atomic mass is 10.0. The monoisotopic (exact) mass is 460 g/mol. The maximum Gasteiger partial charge on any atom is 0.243 e. The van der Waals surface area contributed by atoms with E-state index in [1.54, 1.807) is 17.0 Å². The first kappa shape index (κ1) is 25.2. The van der Waals surface area contributed by atoms with Gasteiger partial charge in [-0.15, -0.1) is 0 Å². The number of amides is 2. The van der Waals surface area contributed by atoms with Crippen LogP contribution in [0.1, 0.15) is 41.2 Å². The molecular weight excluding hydrogens is 427 g/mol. The Labute approximate surface area is 201 Å². The predicted molar refractivity (Wildman–Crippen MR) is 134 cm³/mol. The van der Waals surface area contributed by atoms with Crippen LogP contribution in [0.25, 0.3) is 0 Å². The Morgan fingerprint density at radius 3 is 2.15 bits per heavy atom. The number of rotatable bonds is 10. The molecule has 0 aliphatic carbocycles. The number of hydrogen-bond donors (Lipinski definition) is 1. The summed E-state index contributed by atoms with van der Waals surface area (Å²) >= 11 is 0. The van der Waals surface area contributed by atoms with Gasteiger partial charge in [-0.2, -0.15) is 0 Å². The van der Waals surface area contributed by atoms with E-state index in [-0.39, 0.29) is 30.6 Å². The second-order valence-corrected chi connectivity index (χ2v) is 8.82. The fraction of sp³-hybridized carbons (Fsp3) is 0.310. The second-order valence-electron chi connectivity index (χ2n) is 8.82. The topological polar surface area (TPSA) is 49.4 Å². The largest absolute Gasteiger partial charge is 0.354 e. The molecule has 0 saturated carbocycles. The van der Waals surface area contributed by atoms with E-state index in [0.717, 1.165) is 34.2 Å². The number of hydrogen-bond acceptors (Lipinski definition) is 2. The number of benzene rings is 3. The summed E-state index contributed by atoms with van der Waals surface area (Å²) in [5, 5.41) is 2.97. The molecule has 0 aliphatic rings. The van der Waals surface area contributed by atoms with Gasteiger partial charge in [0.25, 0.3) is 0 Å². The van der Waals surface area contributed by atoms with E-state index < -0.39 is 6.04 Å². The van der Waals surface area contributed by atoms with Crippen molar-refractivity contribution in [1.29, 1.82) is 0 Å². The van der Waals surface area contributed by atoms with Gasteiger partial charge >= 0.3 is 0 Å². The van der Waals surface area contributed by atoms with Gasteiger partial charge in [0.1, 0.15) is 11.9 Å². The highest BCUT2D eigenvalue weighted by atomic mass is 19.1. The highest BCUT2D eigenvalue weighted by molar-refractivity contribution is 5.88. The summed E-state index contributed by atoms with van der Waals surface area (Å²) in [6, 6.07) is 21.2. The molecule has 5 heteroatoms. The molecule has 0 aromatic heterocycles. The van der Waals surface area contributed by atoms with Crippen molar-refractivity contribution >= 4 is 11.8 Å². The Bertz CT molecular complexity index is 1080. The number of aryl methyl sites for hydroxylation is 2. The third-order valence-corrected chi connectivity index (χ3v) is 5.72. The first-order valence-electron chi connectivity index (χ1n) is 11.8. The van der Waals surface area contributed by atoms with Crippen molar-refractivity contribution in [2.24, 2.45) is 0 Å². The molecule has 178 valence electrons. The maximum atomic E-state index is 13.7. The van der Waals surface area contributed by atoms with Gasteiger partial charge in [0.2, 0.25) is 11.8 Å². The molecule has 34 heavy (non-hydrogen) atoms. The maximum absolute atomic E-state index is 13.7. The fourth-order valence-electron chi connectivity index (χ4n) is 4.15. The smallest absolute Gasteiger partial charge is 0.243 e. The van der Waals surface area contributed by atoms with Crippen molar-refractivity contribution in [3.63, 3.8) is 0 Å². The Hall–Kier alpha value is -3.47. The van der Waals surface area contributed by atoms with Crippen LogP contribution in [0.3, 0.4) is 0 Å². The van der Waals surface area contributed by atoms with Crippen LogP contribution in [0.5, 0.6) is 0 Å². The lowest BCUT2D eigenvalue weighted by Crippen LogP contribution is -2.51. The zero-order valence-corrected chi connectivity index (χ0v) is 20.2. The fourth-order valence-corrected chi connectivity index (χ4v) is 4.15. The normalized spacial score (nSPS) is 11.6. The first-order valence-corrected chi connectivity index (χ1v) is 11.8. The molecule has 3 aromatic carbocycles. The number of nitrogens with zero attached hydrogens (tertiary/aromatic N) is 1. The Morgan fingerprint density at radius 2 is 1.53 bits per heavy atom. The third kappa shape index (κ3) is 7.27. The van der Waals surface area contributed by atoms with Crippen molar-refractivity contribution < 1.29 is 14.0 Å². The van der Waals surface area contributed by atoms with Crippen molar-refractivity contribution in [2.45, 2.75) is 52.6 Å². The van der Waals surface area contributed by atoms with Crippen LogP contribution in [0.15, 0.2) is 72.8 Å². The van der Waals surface area contributed by atoms with E-state index in [4.69, 9.17) is 0 Å². The molecule has 0 radical (unpaired) electrons. The Balaban J connectivity index is 1.96. The molecule has 4 nitrogen and oxygen atoms in total. The van der Waals surface area contributed by atoms with Crippen molar-refractivity contribution in [1.82, 2.24) is 10.2 Å².